The van der Waals surface area contributed by atoms with Gasteiger partial charge in [0.15, 0.2) is 11.4 Å². The Morgan fingerprint density at radius 3 is 2.12 bits per heavy atom. The molecular weight excluding hydrogens is 652 g/mol. The maximum Gasteiger partial charge on any atom is 0.194 e. The van der Waals surface area contributed by atoms with Gasteiger partial charge in [-0.2, -0.15) is 0 Å². The number of methoxy groups -OCH3 is 1. The van der Waals surface area contributed by atoms with Crippen molar-refractivity contribution in [2.24, 2.45) is 0 Å². The van der Waals surface area contributed by atoms with Gasteiger partial charge in [-0.15, -0.1) is 0 Å². The van der Waals surface area contributed by atoms with Crippen LogP contribution < -0.4 is 4.74 Å². The maximum atomic E-state index is 13.6. The Bertz CT molecular complexity index is 1580. The smallest absolute Gasteiger partial charge is 0.194 e. The van der Waals surface area contributed by atoms with Crippen LogP contribution in [0.5, 0.6) is 5.75 Å². The normalized spacial score (nSPS) is 30.6. The lowest BCUT2D eigenvalue weighted by Crippen LogP contribution is -2.62. The predicted molar refractivity (Wildman–Crippen MR) is 189 cm³/mol. The molecule has 10 nitrogen and oxygen atoms in total. The van der Waals surface area contributed by atoms with Gasteiger partial charge < -0.3 is 43.4 Å². The van der Waals surface area contributed by atoms with Crippen molar-refractivity contribution in [2.75, 3.05) is 20.3 Å². The number of ether oxygens (including phenoxy) is 7. The van der Waals surface area contributed by atoms with E-state index in [1.54, 1.807) is 14.0 Å². The van der Waals surface area contributed by atoms with Crippen molar-refractivity contribution >= 4 is 5.78 Å². The maximum absolute atomic E-state index is 13.6. The van der Waals surface area contributed by atoms with Crippen LogP contribution in [0.2, 0.25) is 0 Å². The van der Waals surface area contributed by atoms with Gasteiger partial charge >= 0.3 is 0 Å². The minimum Gasteiger partial charge on any atom is -0.497 e. The number of benzene rings is 3. The number of fused-ring (bicyclic) bond motifs is 1. The summed E-state index contributed by atoms with van der Waals surface area (Å²) in [5.41, 5.74) is 0.885. The van der Waals surface area contributed by atoms with Crippen LogP contribution >= 0.6 is 0 Å². The number of hydrogen-bond acceptors (Lipinski definition) is 10. The lowest BCUT2D eigenvalue weighted by Gasteiger charge is -2.50. The highest BCUT2D eigenvalue weighted by Gasteiger charge is 2.55. The van der Waals surface area contributed by atoms with Gasteiger partial charge in [-0.25, -0.2) is 0 Å². The minimum absolute atomic E-state index is 0.149. The molecule has 3 aliphatic heterocycles. The molecule has 6 rings (SSSR count). The second-order valence-corrected chi connectivity index (χ2v) is 14.0. The number of carbonyl (C=O) groups excluding carboxylic acids is 1. The van der Waals surface area contributed by atoms with Crippen molar-refractivity contribution in [3.05, 3.63) is 113 Å². The van der Waals surface area contributed by atoms with E-state index in [1.165, 1.54) is 6.08 Å². The molecule has 0 aliphatic carbocycles. The monoisotopic (exact) mass is 702 g/mol. The number of hydrogen-bond donors (Lipinski definition) is 2. The standard InChI is InChI=1S/C41H50O10/c1-40(23-32-20-37(44)41(2)39(49-32)21-33(43)36(24-42)51-41)38(48-27-30-14-16-31(45-3)17-15-30)22-35(47-26-29-12-8-5-9-13-29)34(50-40)18-19-46-25-28-10-6-4-7-11-28/h4-17,20,33-36,38-39,42-43H,18-19,21-27H2,1-3H3/t33-,34-,35+,36+,38-,39+,40+,41-/m0/s1. The van der Waals surface area contributed by atoms with Crippen molar-refractivity contribution in [1.82, 2.24) is 0 Å². The molecule has 3 aliphatic rings. The molecule has 8 atom stereocenters. The summed E-state index contributed by atoms with van der Waals surface area (Å²) >= 11 is 0. The van der Waals surface area contributed by atoms with Crippen LogP contribution in [0.4, 0.5) is 0 Å². The topological polar surface area (TPSA) is 122 Å². The fourth-order valence-corrected chi connectivity index (χ4v) is 7.14. The number of ketones is 1. The van der Waals surface area contributed by atoms with Crippen LogP contribution in [0.1, 0.15) is 56.2 Å². The van der Waals surface area contributed by atoms with Gasteiger partial charge in [-0.05, 0) is 49.1 Å². The molecule has 3 heterocycles. The summed E-state index contributed by atoms with van der Waals surface area (Å²) < 4.78 is 44.0. The van der Waals surface area contributed by atoms with Gasteiger partial charge in [0.05, 0.1) is 63.6 Å². The van der Waals surface area contributed by atoms with Crippen molar-refractivity contribution in [1.29, 1.82) is 0 Å². The summed E-state index contributed by atoms with van der Waals surface area (Å²) in [6.45, 7) is 4.94. The molecule has 10 heteroatoms. The highest BCUT2D eigenvalue weighted by molar-refractivity contribution is 5.98. The largest absolute Gasteiger partial charge is 0.497 e. The lowest BCUT2D eigenvalue weighted by molar-refractivity contribution is -0.254. The number of aliphatic hydroxyl groups is 2. The number of carbonyl (C=O) groups is 1. The average molecular weight is 703 g/mol. The van der Waals surface area contributed by atoms with Gasteiger partial charge in [0, 0.05) is 31.9 Å². The molecule has 0 saturated carbocycles. The van der Waals surface area contributed by atoms with Gasteiger partial charge in [-0.3, -0.25) is 4.79 Å². The van der Waals surface area contributed by atoms with E-state index >= 15 is 0 Å². The summed E-state index contributed by atoms with van der Waals surface area (Å²) in [5.74, 6) is 0.921. The lowest BCUT2D eigenvalue weighted by atomic mass is 9.80. The summed E-state index contributed by atoms with van der Waals surface area (Å²) in [5, 5.41) is 20.3. The molecule has 2 saturated heterocycles. The van der Waals surface area contributed by atoms with Crippen LogP contribution in [-0.2, 0) is 53.0 Å². The van der Waals surface area contributed by atoms with Crippen LogP contribution in [-0.4, -0.2) is 84.1 Å². The fraction of sp³-hybridized carbons (Fsp3) is 0.488. The van der Waals surface area contributed by atoms with Gasteiger partial charge in [0.1, 0.15) is 23.7 Å². The predicted octanol–water partition coefficient (Wildman–Crippen LogP) is 5.46. The zero-order valence-electron chi connectivity index (χ0n) is 29.6. The first-order chi connectivity index (χ1) is 24.7. The Labute approximate surface area is 300 Å². The van der Waals surface area contributed by atoms with Gasteiger partial charge in [0.2, 0.25) is 0 Å². The van der Waals surface area contributed by atoms with E-state index in [0.717, 1.165) is 22.4 Å². The quantitative estimate of drug-likeness (QED) is 0.198. The van der Waals surface area contributed by atoms with E-state index in [4.69, 9.17) is 33.2 Å². The summed E-state index contributed by atoms with van der Waals surface area (Å²) in [7, 11) is 1.63. The van der Waals surface area contributed by atoms with E-state index in [9.17, 15) is 15.0 Å². The fourth-order valence-electron chi connectivity index (χ4n) is 7.14. The Hall–Kier alpha value is -3.61. The molecule has 0 aromatic heterocycles. The number of rotatable bonds is 15. The van der Waals surface area contributed by atoms with Crippen molar-refractivity contribution in [2.45, 2.75) is 107 Å². The third kappa shape index (κ3) is 9.07. The average Bonchev–Trinajstić information content (AvgIpc) is 3.14. The van der Waals surface area contributed by atoms with E-state index in [2.05, 4.69) is 0 Å². The molecule has 0 radical (unpaired) electrons. The molecule has 3 aromatic rings. The van der Waals surface area contributed by atoms with Crippen LogP contribution in [0.15, 0.2) is 96.8 Å². The SMILES string of the molecule is COc1ccc(CO[C@H]2C[C@@H](OCc3ccccc3)[C@H](CCOCc3ccccc3)O[C@]2(C)CC2=CC(=O)[C@]3(C)O[C@H](CO)[C@@H](O)C[C@H]3O2)cc1. The van der Waals surface area contributed by atoms with Crippen molar-refractivity contribution in [3.63, 3.8) is 0 Å². The Balaban J connectivity index is 1.23. The Kier molecular flexibility index (Phi) is 12.3. The van der Waals surface area contributed by atoms with Gasteiger partial charge in [-0.1, -0.05) is 72.8 Å². The molecule has 274 valence electrons. The highest BCUT2D eigenvalue weighted by Crippen LogP contribution is 2.43. The highest BCUT2D eigenvalue weighted by atomic mass is 16.6. The Morgan fingerprint density at radius 1 is 0.804 bits per heavy atom. The molecule has 2 fully saturated rings. The summed E-state index contributed by atoms with van der Waals surface area (Å²) in [6, 6.07) is 27.8. The van der Waals surface area contributed by atoms with Crippen LogP contribution in [0, 0.1) is 0 Å². The van der Waals surface area contributed by atoms with E-state index in [0.29, 0.717) is 45.0 Å². The molecule has 2 N–H and O–H groups in total. The second kappa shape index (κ2) is 16.8. The number of aliphatic hydroxyl groups excluding tert-OH is 2. The molecule has 0 bridgehead atoms. The van der Waals surface area contributed by atoms with E-state index in [-0.39, 0.29) is 30.8 Å². The van der Waals surface area contributed by atoms with E-state index < -0.39 is 42.2 Å². The summed E-state index contributed by atoms with van der Waals surface area (Å²) in [6.07, 6.45) is -0.671. The Morgan fingerprint density at radius 2 is 1.45 bits per heavy atom. The third-order valence-electron chi connectivity index (χ3n) is 10.2. The second-order valence-electron chi connectivity index (χ2n) is 14.0. The van der Waals surface area contributed by atoms with Crippen LogP contribution in [0.3, 0.4) is 0 Å². The zero-order valence-corrected chi connectivity index (χ0v) is 29.6. The van der Waals surface area contributed by atoms with Crippen molar-refractivity contribution in [3.8, 4) is 5.75 Å². The molecule has 0 spiro atoms. The van der Waals surface area contributed by atoms with Crippen molar-refractivity contribution < 1.29 is 48.2 Å². The zero-order chi connectivity index (χ0) is 35.8. The van der Waals surface area contributed by atoms with Gasteiger partial charge in [0.25, 0.3) is 0 Å². The first-order valence-electron chi connectivity index (χ1n) is 17.8. The first-order valence-corrected chi connectivity index (χ1v) is 17.8. The molecule has 3 aromatic carbocycles. The minimum atomic E-state index is -1.32. The molecule has 0 amide bonds. The van der Waals surface area contributed by atoms with Crippen LogP contribution in [0.25, 0.3) is 0 Å². The summed E-state index contributed by atoms with van der Waals surface area (Å²) in [4.78, 5) is 13.6. The third-order valence-corrected chi connectivity index (χ3v) is 10.2. The first kappa shape index (κ1) is 37.2. The molecule has 0 unspecified atom stereocenters. The molecule has 51 heavy (non-hydrogen) atoms. The van der Waals surface area contributed by atoms with E-state index in [1.807, 2.05) is 91.9 Å². The molecular formula is C41H50O10.